The third kappa shape index (κ3) is 3.17. The van der Waals surface area contributed by atoms with Gasteiger partial charge in [0.15, 0.2) is 0 Å². The number of hydrogen-bond donors (Lipinski definition) is 0. The molecule has 0 aliphatic heterocycles. The molecule has 0 heteroatoms. The van der Waals surface area contributed by atoms with E-state index in [1.165, 1.54) is 31.2 Å². The first-order valence-electron chi connectivity index (χ1n) is 5.69. The summed E-state index contributed by atoms with van der Waals surface area (Å²) in [6, 6.07) is 8.71. The minimum Gasteiger partial charge on any atom is -0.0654 e. The molecule has 77 valence electrons. The van der Waals surface area contributed by atoms with E-state index in [0.29, 0.717) is 0 Å². The molecule has 14 heavy (non-hydrogen) atoms. The summed E-state index contributed by atoms with van der Waals surface area (Å²) in [4.78, 5) is 0. The van der Waals surface area contributed by atoms with E-state index in [0.717, 1.165) is 11.5 Å². The molecular formula is C14H21. The van der Waals surface area contributed by atoms with Gasteiger partial charge in [0.2, 0.25) is 0 Å². The summed E-state index contributed by atoms with van der Waals surface area (Å²) >= 11 is 0. The van der Waals surface area contributed by atoms with E-state index in [2.05, 4.69) is 45.0 Å². The second-order valence-corrected chi connectivity index (χ2v) is 4.02. The summed E-state index contributed by atoms with van der Waals surface area (Å²) in [5.74, 6) is 0.755. The lowest BCUT2D eigenvalue weighted by Gasteiger charge is -2.15. The Hall–Kier alpha value is -0.780. The molecule has 0 amide bonds. The van der Waals surface area contributed by atoms with E-state index in [1.807, 2.05) is 0 Å². The fourth-order valence-corrected chi connectivity index (χ4v) is 1.96. The Balaban J connectivity index is 2.71. The van der Waals surface area contributed by atoms with Crippen molar-refractivity contribution in [1.29, 1.82) is 0 Å². The highest BCUT2D eigenvalue weighted by atomic mass is 14.1. The minimum absolute atomic E-state index is 0.755. The van der Waals surface area contributed by atoms with Crippen molar-refractivity contribution in [2.75, 3.05) is 0 Å². The summed E-state index contributed by atoms with van der Waals surface area (Å²) < 4.78 is 0. The maximum atomic E-state index is 3.91. The van der Waals surface area contributed by atoms with Gasteiger partial charge in [0.1, 0.15) is 0 Å². The minimum atomic E-state index is 0.755. The predicted molar refractivity (Wildman–Crippen MR) is 63.5 cm³/mol. The van der Waals surface area contributed by atoms with Gasteiger partial charge < -0.3 is 0 Å². The maximum Gasteiger partial charge on any atom is -0.0162 e. The van der Waals surface area contributed by atoms with Crippen LogP contribution >= 0.6 is 0 Å². The molecule has 1 aromatic carbocycles. The molecule has 1 radical (unpaired) electrons. The first kappa shape index (κ1) is 11.3. The zero-order valence-corrected chi connectivity index (χ0v) is 9.42. The zero-order valence-electron chi connectivity index (χ0n) is 9.42. The number of hydrogen-bond acceptors (Lipinski definition) is 0. The summed E-state index contributed by atoms with van der Waals surface area (Å²) in [5, 5.41) is 0. The fourth-order valence-electron chi connectivity index (χ4n) is 1.96. The van der Waals surface area contributed by atoms with Gasteiger partial charge in [0.05, 0.1) is 0 Å². The molecule has 0 fully saturated rings. The van der Waals surface area contributed by atoms with Gasteiger partial charge in [-0.1, -0.05) is 51.0 Å². The Morgan fingerprint density at radius 2 is 1.50 bits per heavy atom. The number of benzene rings is 1. The van der Waals surface area contributed by atoms with Crippen LogP contribution in [-0.4, -0.2) is 0 Å². The smallest absolute Gasteiger partial charge is 0.0162 e. The molecule has 0 nitrogen and oxygen atoms in total. The van der Waals surface area contributed by atoms with Crippen LogP contribution in [0.15, 0.2) is 24.3 Å². The summed E-state index contributed by atoms with van der Waals surface area (Å²) in [7, 11) is 0. The lowest BCUT2D eigenvalue weighted by Crippen LogP contribution is -1.97. The second-order valence-electron chi connectivity index (χ2n) is 4.02. The fraction of sp³-hybridized carbons (Fsp3) is 0.500. The molecule has 0 atom stereocenters. The third-order valence-corrected chi connectivity index (χ3v) is 2.73. The van der Waals surface area contributed by atoms with Crippen LogP contribution in [0.25, 0.3) is 0 Å². The molecule has 0 aliphatic carbocycles. The molecular weight excluding hydrogens is 168 g/mol. The van der Waals surface area contributed by atoms with E-state index in [9.17, 15) is 0 Å². The van der Waals surface area contributed by atoms with Crippen LogP contribution in [0.3, 0.4) is 0 Å². The summed E-state index contributed by atoms with van der Waals surface area (Å²) in [6.07, 6.45) is 5.17. The molecule has 0 saturated heterocycles. The van der Waals surface area contributed by atoms with Crippen LogP contribution in [0.4, 0.5) is 0 Å². The maximum absolute atomic E-state index is 3.91. The SMILES string of the molecule is [CH2]c1ccc(C(CCC)CCC)cc1. The van der Waals surface area contributed by atoms with Crippen LogP contribution in [0.5, 0.6) is 0 Å². The largest absolute Gasteiger partial charge is 0.0654 e. The van der Waals surface area contributed by atoms with Crippen molar-refractivity contribution in [3.63, 3.8) is 0 Å². The first-order valence-corrected chi connectivity index (χ1v) is 5.69. The molecule has 0 bridgehead atoms. The molecule has 0 heterocycles. The van der Waals surface area contributed by atoms with Gasteiger partial charge in [-0.15, -0.1) is 0 Å². The highest BCUT2D eigenvalue weighted by Gasteiger charge is 2.08. The van der Waals surface area contributed by atoms with Gasteiger partial charge >= 0.3 is 0 Å². The predicted octanol–water partition coefficient (Wildman–Crippen LogP) is 4.55. The van der Waals surface area contributed by atoms with Crippen molar-refractivity contribution in [3.8, 4) is 0 Å². The van der Waals surface area contributed by atoms with Crippen LogP contribution in [-0.2, 0) is 0 Å². The Labute approximate surface area is 88.4 Å². The van der Waals surface area contributed by atoms with Gasteiger partial charge in [-0.05, 0) is 36.8 Å². The molecule has 0 spiro atoms. The van der Waals surface area contributed by atoms with Gasteiger partial charge in [-0.3, -0.25) is 0 Å². The number of rotatable bonds is 5. The van der Waals surface area contributed by atoms with Crippen LogP contribution in [0.2, 0.25) is 0 Å². The van der Waals surface area contributed by atoms with Crippen molar-refractivity contribution in [2.45, 2.75) is 45.4 Å². The molecule has 1 aromatic rings. The molecule has 0 saturated carbocycles. The lowest BCUT2D eigenvalue weighted by molar-refractivity contribution is 0.561. The van der Waals surface area contributed by atoms with E-state index in [1.54, 1.807) is 0 Å². The summed E-state index contributed by atoms with van der Waals surface area (Å²) in [5.41, 5.74) is 2.60. The molecule has 0 unspecified atom stereocenters. The van der Waals surface area contributed by atoms with Gasteiger partial charge in [-0.25, -0.2) is 0 Å². The average molecular weight is 189 g/mol. The Morgan fingerprint density at radius 3 is 1.93 bits per heavy atom. The second kappa shape index (κ2) is 5.85. The normalized spacial score (nSPS) is 10.9. The quantitative estimate of drug-likeness (QED) is 0.637. The van der Waals surface area contributed by atoms with Crippen LogP contribution in [0.1, 0.15) is 56.6 Å². The Morgan fingerprint density at radius 1 is 1.00 bits per heavy atom. The van der Waals surface area contributed by atoms with Crippen LogP contribution < -0.4 is 0 Å². The zero-order chi connectivity index (χ0) is 10.4. The van der Waals surface area contributed by atoms with E-state index < -0.39 is 0 Å². The Kier molecular flexibility index (Phi) is 4.72. The van der Waals surface area contributed by atoms with Gasteiger partial charge in [0.25, 0.3) is 0 Å². The van der Waals surface area contributed by atoms with E-state index in [-0.39, 0.29) is 0 Å². The topological polar surface area (TPSA) is 0 Å². The van der Waals surface area contributed by atoms with Crippen LogP contribution in [0, 0.1) is 6.92 Å². The van der Waals surface area contributed by atoms with Crippen molar-refractivity contribution in [2.24, 2.45) is 0 Å². The van der Waals surface area contributed by atoms with Crippen molar-refractivity contribution < 1.29 is 0 Å². The highest BCUT2D eigenvalue weighted by molar-refractivity contribution is 5.26. The standard InChI is InChI=1S/C14H21/c1-4-6-13(7-5-2)14-10-8-12(3)9-11-14/h8-11,13H,3-7H2,1-2H3. The highest BCUT2D eigenvalue weighted by Crippen LogP contribution is 2.26. The van der Waals surface area contributed by atoms with Crippen molar-refractivity contribution in [1.82, 2.24) is 0 Å². The molecule has 0 aromatic heterocycles. The average Bonchev–Trinajstić information content (AvgIpc) is 2.19. The van der Waals surface area contributed by atoms with E-state index in [4.69, 9.17) is 0 Å². The van der Waals surface area contributed by atoms with Gasteiger partial charge in [0, 0.05) is 0 Å². The summed E-state index contributed by atoms with van der Waals surface area (Å²) in [6.45, 7) is 8.44. The Bertz CT molecular complexity index is 239. The monoisotopic (exact) mass is 189 g/mol. The molecule has 1 rings (SSSR count). The van der Waals surface area contributed by atoms with Crippen molar-refractivity contribution >= 4 is 0 Å². The lowest BCUT2D eigenvalue weighted by atomic mass is 9.90. The molecule has 0 aliphatic rings. The first-order chi connectivity index (χ1) is 6.77. The van der Waals surface area contributed by atoms with E-state index >= 15 is 0 Å². The third-order valence-electron chi connectivity index (χ3n) is 2.73. The molecule has 0 N–H and O–H groups in total. The van der Waals surface area contributed by atoms with Gasteiger partial charge in [-0.2, -0.15) is 0 Å². The van der Waals surface area contributed by atoms with Crippen molar-refractivity contribution in [3.05, 3.63) is 42.3 Å².